The van der Waals surface area contributed by atoms with Crippen molar-refractivity contribution in [3.63, 3.8) is 0 Å². The van der Waals surface area contributed by atoms with Gasteiger partial charge >= 0.3 is 0 Å². The molecule has 3 rings (SSSR count). The predicted octanol–water partition coefficient (Wildman–Crippen LogP) is 2.80. The molecule has 19 heavy (non-hydrogen) atoms. The molecule has 3 nitrogen and oxygen atoms in total. The van der Waals surface area contributed by atoms with Crippen LogP contribution in [0.2, 0.25) is 0 Å². The summed E-state index contributed by atoms with van der Waals surface area (Å²) in [5.41, 5.74) is 2.45. The molecule has 1 heterocycles. The van der Waals surface area contributed by atoms with Gasteiger partial charge in [-0.1, -0.05) is 18.2 Å². The molecule has 0 radical (unpaired) electrons. The van der Waals surface area contributed by atoms with Gasteiger partial charge in [0.15, 0.2) is 0 Å². The van der Waals surface area contributed by atoms with Crippen LogP contribution in [0.1, 0.15) is 25.0 Å². The van der Waals surface area contributed by atoms with Crippen LogP contribution in [0, 0.1) is 5.92 Å². The SMILES string of the molecule is CNC(CCc1ccnn1-c1ccccc1)C1CC1. The molecular weight excluding hydrogens is 234 g/mol. The van der Waals surface area contributed by atoms with E-state index in [4.69, 9.17) is 0 Å². The van der Waals surface area contributed by atoms with Crippen molar-refractivity contribution in [2.45, 2.75) is 31.7 Å². The van der Waals surface area contributed by atoms with E-state index in [0.29, 0.717) is 6.04 Å². The average Bonchev–Trinajstić information content (AvgIpc) is 3.18. The van der Waals surface area contributed by atoms with Gasteiger partial charge in [-0.2, -0.15) is 5.10 Å². The summed E-state index contributed by atoms with van der Waals surface area (Å²) < 4.78 is 2.06. The summed E-state index contributed by atoms with van der Waals surface area (Å²) in [6.45, 7) is 0. The zero-order chi connectivity index (χ0) is 13.1. The number of benzene rings is 1. The third-order valence-electron chi connectivity index (χ3n) is 4.00. The van der Waals surface area contributed by atoms with Gasteiger partial charge in [-0.25, -0.2) is 4.68 Å². The molecule has 1 unspecified atom stereocenters. The van der Waals surface area contributed by atoms with Crippen LogP contribution in [0.4, 0.5) is 0 Å². The number of hydrogen-bond acceptors (Lipinski definition) is 2. The molecule has 3 heteroatoms. The molecule has 0 amide bonds. The first-order valence-electron chi connectivity index (χ1n) is 7.14. The molecule has 1 aliphatic rings. The third kappa shape index (κ3) is 2.87. The van der Waals surface area contributed by atoms with Gasteiger partial charge in [-0.05, 0) is 56.8 Å². The maximum absolute atomic E-state index is 4.45. The third-order valence-corrected chi connectivity index (χ3v) is 4.00. The number of hydrogen-bond donors (Lipinski definition) is 1. The highest BCUT2D eigenvalue weighted by Crippen LogP contribution is 2.34. The smallest absolute Gasteiger partial charge is 0.0648 e. The molecule has 1 saturated carbocycles. The molecule has 0 aliphatic heterocycles. The minimum atomic E-state index is 0.666. The zero-order valence-electron chi connectivity index (χ0n) is 11.4. The topological polar surface area (TPSA) is 29.9 Å². The second-order valence-corrected chi connectivity index (χ2v) is 5.34. The summed E-state index contributed by atoms with van der Waals surface area (Å²) >= 11 is 0. The van der Waals surface area contributed by atoms with Crippen molar-refractivity contribution < 1.29 is 0 Å². The van der Waals surface area contributed by atoms with E-state index in [9.17, 15) is 0 Å². The van der Waals surface area contributed by atoms with Gasteiger partial charge in [0.2, 0.25) is 0 Å². The normalized spacial score (nSPS) is 16.5. The molecule has 1 aliphatic carbocycles. The van der Waals surface area contributed by atoms with E-state index < -0.39 is 0 Å². The van der Waals surface area contributed by atoms with Crippen molar-refractivity contribution in [3.8, 4) is 5.69 Å². The van der Waals surface area contributed by atoms with E-state index in [2.05, 4.69) is 52.5 Å². The molecule has 1 N–H and O–H groups in total. The summed E-state index contributed by atoms with van der Waals surface area (Å²) in [6, 6.07) is 13.2. The molecule has 1 fully saturated rings. The fourth-order valence-electron chi connectivity index (χ4n) is 2.74. The largest absolute Gasteiger partial charge is 0.317 e. The Balaban J connectivity index is 1.70. The summed E-state index contributed by atoms with van der Waals surface area (Å²) in [7, 11) is 2.08. The lowest BCUT2D eigenvalue weighted by Crippen LogP contribution is -2.28. The van der Waals surface area contributed by atoms with Crippen LogP contribution in [0.3, 0.4) is 0 Å². The summed E-state index contributed by atoms with van der Waals surface area (Å²) in [4.78, 5) is 0. The minimum absolute atomic E-state index is 0.666. The Morgan fingerprint density at radius 2 is 2.05 bits per heavy atom. The van der Waals surface area contributed by atoms with Gasteiger partial charge < -0.3 is 5.32 Å². The van der Waals surface area contributed by atoms with Gasteiger partial charge in [0.1, 0.15) is 0 Å². The van der Waals surface area contributed by atoms with Crippen LogP contribution in [-0.2, 0) is 6.42 Å². The van der Waals surface area contributed by atoms with Crippen LogP contribution in [0.15, 0.2) is 42.6 Å². The Labute approximate surface area is 114 Å². The van der Waals surface area contributed by atoms with E-state index in [0.717, 1.165) is 18.0 Å². The van der Waals surface area contributed by atoms with Crippen LogP contribution >= 0.6 is 0 Å². The molecule has 1 atom stereocenters. The maximum atomic E-state index is 4.45. The highest BCUT2D eigenvalue weighted by molar-refractivity contribution is 5.32. The van der Waals surface area contributed by atoms with Crippen LogP contribution in [0.5, 0.6) is 0 Å². The second-order valence-electron chi connectivity index (χ2n) is 5.34. The van der Waals surface area contributed by atoms with E-state index in [1.54, 1.807) is 0 Å². The molecule has 100 valence electrons. The Kier molecular flexibility index (Phi) is 3.65. The van der Waals surface area contributed by atoms with E-state index in [1.807, 2.05) is 12.3 Å². The monoisotopic (exact) mass is 255 g/mol. The van der Waals surface area contributed by atoms with Crippen LogP contribution < -0.4 is 5.32 Å². The zero-order valence-corrected chi connectivity index (χ0v) is 11.4. The first-order chi connectivity index (χ1) is 9.38. The highest BCUT2D eigenvalue weighted by Gasteiger charge is 2.29. The van der Waals surface area contributed by atoms with Gasteiger partial charge in [0.25, 0.3) is 0 Å². The van der Waals surface area contributed by atoms with Crippen LogP contribution in [-0.4, -0.2) is 22.9 Å². The second kappa shape index (κ2) is 5.57. The van der Waals surface area contributed by atoms with Crippen molar-refractivity contribution >= 4 is 0 Å². The summed E-state index contributed by atoms with van der Waals surface area (Å²) in [5.74, 6) is 0.901. The molecular formula is C16H21N3. The van der Waals surface area contributed by atoms with Gasteiger partial charge in [0, 0.05) is 17.9 Å². The summed E-state index contributed by atoms with van der Waals surface area (Å²) in [6.07, 6.45) is 6.96. The van der Waals surface area contributed by atoms with Gasteiger partial charge in [0.05, 0.1) is 5.69 Å². The molecule has 0 spiro atoms. The standard InChI is InChI=1S/C16H21N3/c1-17-16(13-7-8-13)10-9-15-11-12-18-19(15)14-5-3-2-4-6-14/h2-6,11-13,16-17H,7-10H2,1H3. The van der Waals surface area contributed by atoms with E-state index in [1.165, 1.54) is 25.0 Å². The molecule has 1 aromatic heterocycles. The van der Waals surface area contributed by atoms with Crippen molar-refractivity contribution in [2.24, 2.45) is 5.92 Å². The first-order valence-corrected chi connectivity index (χ1v) is 7.14. The number of nitrogens with zero attached hydrogens (tertiary/aromatic N) is 2. The maximum Gasteiger partial charge on any atom is 0.0648 e. The van der Waals surface area contributed by atoms with E-state index in [-0.39, 0.29) is 0 Å². The van der Waals surface area contributed by atoms with E-state index >= 15 is 0 Å². The molecule has 0 saturated heterocycles. The number of nitrogens with one attached hydrogen (secondary N) is 1. The lowest BCUT2D eigenvalue weighted by Gasteiger charge is -2.15. The molecule has 1 aromatic carbocycles. The quantitative estimate of drug-likeness (QED) is 0.860. The Bertz CT molecular complexity index is 514. The number of aromatic nitrogens is 2. The van der Waals surface area contributed by atoms with Crippen molar-refractivity contribution in [1.82, 2.24) is 15.1 Å². The van der Waals surface area contributed by atoms with Gasteiger partial charge in [-0.3, -0.25) is 0 Å². The van der Waals surface area contributed by atoms with Crippen LogP contribution in [0.25, 0.3) is 5.69 Å². The Morgan fingerprint density at radius 3 is 2.74 bits per heavy atom. The predicted molar refractivity (Wildman–Crippen MR) is 77.5 cm³/mol. The Hall–Kier alpha value is -1.61. The first kappa shape index (κ1) is 12.4. The molecule has 2 aromatic rings. The van der Waals surface area contributed by atoms with Gasteiger partial charge in [-0.15, -0.1) is 0 Å². The number of para-hydroxylation sites is 1. The summed E-state index contributed by atoms with van der Waals surface area (Å²) in [5, 5.41) is 7.90. The molecule has 0 bridgehead atoms. The van der Waals surface area contributed by atoms with Crippen molar-refractivity contribution in [2.75, 3.05) is 7.05 Å². The van der Waals surface area contributed by atoms with Crippen molar-refractivity contribution in [3.05, 3.63) is 48.3 Å². The highest BCUT2D eigenvalue weighted by atomic mass is 15.3. The number of rotatable bonds is 6. The fraction of sp³-hybridized carbons (Fsp3) is 0.438. The Morgan fingerprint density at radius 1 is 1.26 bits per heavy atom. The van der Waals surface area contributed by atoms with Crippen molar-refractivity contribution in [1.29, 1.82) is 0 Å². The average molecular weight is 255 g/mol. The lowest BCUT2D eigenvalue weighted by molar-refractivity contribution is 0.466. The fourth-order valence-corrected chi connectivity index (χ4v) is 2.74. The number of aryl methyl sites for hydroxylation is 1. The minimum Gasteiger partial charge on any atom is -0.317 e. The lowest BCUT2D eigenvalue weighted by atomic mass is 10.1.